The number of allylic oxidation sites excluding steroid dienone is 2. The number of rotatable bonds is 17. The first-order chi connectivity index (χ1) is 40.5. The molecule has 1 fully saturated rings. The molecule has 1 aliphatic heterocycles. The van der Waals surface area contributed by atoms with Crippen LogP contribution in [0.15, 0.2) is 12.2 Å². The fourth-order valence-electron chi connectivity index (χ4n) is 11.0. The highest BCUT2D eigenvalue weighted by Gasteiger charge is 2.47. The fraction of sp³-hybridized carbons (Fsp3) is 0.797. The summed E-state index contributed by atoms with van der Waals surface area (Å²) in [7, 11) is 6.20. The second-order valence-corrected chi connectivity index (χ2v) is 32.4. The molecule has 0 aromatic carbocycles. The van der Waals surface area contributed by atoms with Crippen LogP contribution in [-0.2, 0) is 57.2 Å². The topological polar surface area (TPSA) is 277 Å². The van der Waals surface area contributed by atoms with E-state index in [1.807, 2.05) is 101 Å². The van der Waals surface area contributed by atoms with Gasteiger partial charge < -0.3 is 60.4 Å². The van der Waals surface area contributed by atoms with Crippen molar-refractivity contribution in [2.24, 2.45) is 41.4 Å². The summed E-state index contributed by atoms with van der Waals surface area (Å²) in [6.45, 7) is 35.8. The molecule has 1 aliphatic rings. The van der Waals surface area contributed by atoms with Crippen LogP contribution in [0.5, 0.6) is 0 Å². The lowest BCUT2D eigenvalue weighted by Crippen LogP contribution is -2.64. The number of amides is 11. The van der Waals surface area contributed by atoms with E-state index in [0.717, 1.165) is 4.90 Å². The van der Waals surface area contributed by atoms with Gasteiger partial charge in [0.1, 0.15) is 60.4 Å². The molecule has 1 heterocycles. The van der Waals surface area contributed by atoms with Crippen LogP contribution in [0.1, 0.15) is 156 Å². The van der Waals surface area contributed by atoms with E-state index in [1.54, 1.807) is 34.6 Å². The van der Waals surface area contributed by atoms with Gasteiger partial charge in [-0.25, -0.2) is 0 Å². The molecule has 0 spiro atoms. The monoisotopic (exact) mass is 1260 g/mol. The maximum absolute atomic E-state index is 15.5. The molecule has 24 heteroatoms. The lowest BCUT2D eigenvalue weighted by atomic mass is 9.91. The van der Waals surface area contributed by atoms with E-state index in [2.05, 4.69) is 26.6 Å². The summed E-state index contributed by atoms with van der Waals surface area (Å²) in [6, 6.07) is -12.0. The second kappa shape index (κ2) is 36.1. The van der Waals surface area contributed by atoms with Crippen molar-refractivity contribution in [1.29, 1.82) is 0 Å². The van der Waals surface area contributed by atoms with Crippen LogP contribution in [0.2, 0.25) is 19.6 Å². The molecule has 12 unspecified atom stereocenters. The molecule has 23 nitrogen and oxygen atoms in total. The van der Waals surface area contributed by atoms with Crippen molar-refractivity contribution >= 4 is 73.3 Å². The molecule has 0 aromatic rings. The van der Waals surface area contributed by atoms with E-state index < -0.39 is 158 Å². The van der Waals surface area contributed by atoms with Crippen molar-refractivity contribution in [2.45, 2.75) is 242 Å². The Morgan fingerprint density at radius 3 is 1.39 bits per heavy atom. The number of hydrogen-bond acceptors (Lipinski definition) is 12. The van der Waals surface area contributed by atoms with Crippen molar-refractivity contribution in [3.05, 3.63) is 12.2 Å². The Bertz CT molecular complexity index is 2410. The highest BCUT2D eigenvalue weighted by Crippen LogP contribution is 2.28. The summed E-state index contributed by atoms with van der Waals surface area (Å²) in [6.07, 6.45) is 4.06. The molecule has 0 radical (unpaired) electrons. The Labute approximate surface area is 529 Å². The number of hydrogen-bond donors (Lipinski definition) is 5. The van der Waals surface area contributed by atoms with Crippen LogP contribution < -0.4 is 26.6 Å². The summed E-state index contributed by atoms with van der Waals surface area (Å²) >= 11 is 0. The Hall–Kier alpha value is -5.91. The molecule has 12 atom stereocenters. The van der Waals surface area contributed by atoms with Gasteiger partial charge in [-0.15, -0.1) is 0 Å². The maximum Gasteiger partial charge on any atom is 0.246 e. The number of carbonyl (C=O) groups excluding carboxylic acids is 11. The summed E-state index contributed by atoms with van der Waals surface area (Å²) in [5.41, 5.74) is 0. The quantitative estimate of drug-likeness (QED) is 0.0972. The van der Waals surface area contributed by atoms with E-state index >= 15 is 19.2 Å². The van der Waals surface area contributed by atoms with Crippen molar-refractivity contribution < 1.29 is 57.2 Å². The molecular formula is C64H117N11O12Si. The Morgan fingerprint density at radius 1 is 0.477 bits per heavy atom. The first-order valence-corrected chi connectivity index (χ1v) is 35.3. The van der Waals surface area contributed by atoms with Gasteiger partial charge in [0.2, 0.25) is 65.0 Å². The third-order valence-corrected chi connectivity index (χ3v) is 17.0. The average molecular weight is 1260 g/mol. The molecule has 0 aromatic heterocycles. The van der Waals surface area contributed by atoms with Crippen LogP contribution >= 0.6 is 0 Å². The van der Waals surface area contributed by atoms with E-state index in [0.29, 0.717) is 6.42 Å². The Kier molecular flexibility index (Phi) is 32.8. The summed E-state index contributed by atoms with van der Waals surface area (Å²) in [4.78, 5) is 169. The minimum Gasteiger partial charge on any atom is -0.412 e. The smallest absolute Gasteiger partial charge is 0.246 e. The minimum atomic E-state index is -2.55. The molecular weight excluding hydrogens is 1140 g/mol. The van der Waals surface area contributed by atoms with Gasteiger partial charge in [-0.1, -0.05) is 109 Å². The minimum absolute atomic E-state index is 0.0656. The predicted molar refractivity (Wildman–Crippen MR) is 346 cm³/mol. The zero-order valence-electron chi connectivity index (χ0n) is 58.6. The van der Waals surface area contributed by atoms with Gasteiger partial charge >= 0.3 is 0 Å². The first-order valence-electron chi connectivity index (χ1n) is 31.9. The van der Waals surface area contributed by atoms with Gasteiger partial charge in [-0.05, 0) is 120 Å². The Balaban J connectivity index is 4.42. The largest absolute Gasteiger partial charge is 0.412 e. The Morgan fingerprint density at radius 2 is 0.932 bits per heavy atom. The first kappa shape index (κ1) is 80.1. The summed E-state index contributed by atoms with van der Waals surface area (Å²) in [5.74, 6) is -9.08. The average Bonchev–Trinajstić information content (AvgIpc) is 1.45. The molecule has 11 amide bonds. The number of likely N-dealkylation sites (N-methyl/N-ethyl adjacent to an activating group) is 6. The van der Waals surface area contributed by atoms with Gasteiger partial charge in [0.05, 0.1) is 12.6 Å². The third kappa shape index (κ3) is 23.8. The van der Waals surface area contributed by atoms with Crippen molar-refractivity contribution in [3.8, 4) is 0 Å². The molecule has 1 rings (SSSR count). The number of nitrogens with zero attached hydrogens (tertiary/aromatic N) is 6. The number of carbonyl (C=O) groups is 11. The van der Waals surface area contributed by atoms with Crippen LogP contribution in [0, 0.1) is 41.4 Å². The van der Waals surface area contributed by atoms with E-state index in [9.17, 15) is 33.6 Å². The second-order valence-electron chi connectivity index (χ2n) is 27.9. The fourth-order valence-corrected chi connectivity index (χ4v) is 12.2. The van der Waals surface area contributed by atoms with Gasteiger partial charge in [-0.2, -0.15) is 0 Å². The van der Waals surface area contributed by atoms with Gasteiger partial charge in [0.25, 0.3) is 0 Å². The van der Waals surface area contributed by atoms with Crippen molar-refractivity contribution in [3.63, 3.8) is 0 Å². The summed E-state index contributed by atoms with van der Waals surface area (Å²) in [5, 5.41) is 13.9. The van der Waals surface area contributed by atoms with Crippen LogP contribution in [0.25, 0.3) is 0 Å². The van der Waals surface area contributed by atoms with E-state index in [1.165, 1.54) is 80.6 Å². The highest BCUT2D eigenvalue weighted by atomic mass is 28.4. The zero-order chi connectivity index (χ0) is 68.3. The zero-order valence-corrected chi connectivity index (χ0v) is 59.6. The molecule has 5 N–H and O–H groups in total. The van der Waals surface area contributed by atoms with Gasteiger partial charge in [0.15, 0.2) is 8.32 Å². The molecule has 0 bridgehead atoms. The third-order valence-electron chi connectivity index (χ3n) is 16.0. The molecule has 88 heavy (non-hydrogen) atoms. The maximum atomic E-state index is 15.5. The summed E-state index contributed by atoms with van der Waals surface area (Å²) < 4.78 is 6.88. The standard InChI is InChI=1S/C64H117N11O12Si/c1-27-29-30-42(15)54(87-88(24,25)26)53-58(80)68-45(28-2)60(82)70(18)35-50(76)67-46(31-36(3)4)56(78)69-51(40(11)12)63(85)71(19)47(32-37(5)6)57(79)65-43(16)55(77)66-44(17)59(81)72(20)48(33-38(7)8)61(83)73(21)49(34-39(9)10)62(84)74(22)52(41(13)14)64(86)75(53)23/h27,29,36-49,51-54H,28,30-35H2,1-26H3,(H,65,79)(H,66,77)(H,67,76)(H,68,80)(H,69,78). The SMILES string of the molecule is CC=CCC(C)C(O[Si](C)(C)C)C1C(=O)NC(CC)C(=O)N(C)CC(=O)NC(CC(C)C)C(=O)NC(C(C)C)C(=O)N(C)C(CC(C)C)C(=O)NC(C)C(=O)NC(C)C(=O)N(C)C(CC(C)C)C(=O)N(C)C(CC(C)C)C(=O)N(C)C(C(C)C)C(=O)N1C. The van der Waals surface area contributed by atoms with Crippen LogP contribution in [0.4, 0.5) is 0 Å². The van der Waals surface area contributed by atoms with Crippen LogP contribution in [-0.4, -0.2) is 218 Å². The van der Waals surface area contributed by atoms with Crippen molar-refractivity contribution in [1.82, 2.24) is 56.0 Å². The number of nitrogens with one attached hydrogen (secondary N) is 5. The molecule has 0 aliphatic carbocycles. The molecule has 0 saturated carbocycles. The van der Waals surface area contributed by atoms with Crippen molar-refractivity contribution in [2.75, 3.05) is 48.8 Å². The van der Waals surface area contributed by atoms with E-state index in [-0.39, 0.29) is 61.7 Å². The lowest BCUT2D eigenvalue weighted by Gasteiger charge is -2.43. The molecule has 1 saturated heterocycles. The predicted octanol–water partition coefficient (Wildman–Crippen LogP) is 4.79. The van der Waals surface area contributed by atoms with Gasteiger partial charge in [0, 0.05) is 42.3 Å². The normalized spacial score (nSPS) is 26.5. The molecule has 504 valence electrons. The lowest BCUT2D eigenvalue weighted by molar-refractivity contribution is -0.157. The van der Waals surface area contributed by atoms with Crippen LogP contribution in [0.3, 0.4) is 0 Å². The van der Waals surface area contributed by atoms with E-state index in [4.69, 9.17) is 4.43 Å². The highest BCUT2D eigenvalue weighted by molar-refractivity contribution is 6.69. The van der Waals surface area contributed by atoms with Gasteiger partial charge in [-0.3, -0.25) is 52.7 Å².